The molecule has 0 aromatic rings. The molecule has 1 rings (SSSR count). The van der Waals surface area contributed by atoms with E-state index in [1.165, 1.54) is 32.1 Å². The molecule has 0 N–H and O–H groups in total. The molecular formula is C9H16N2O. The molecule has 0 spiro atoms. The number of hydrogen-bond acceptors (Lipinski definition) is 3. The summed E-state index contributed by atoms with van der Waals surface area (Å²) in [5.74, 6) is 0. The van der Waals surface area contributed by atoms with Crippen LogP contribution in [0.15, 0.2) is 9.98 Å². The van der Waals surface area contributed by atoms with Gasteiger partial charge in [-0.2, -0.15) is 4.99 Å². The number of ether oxygens (including phenoxy) is 1. The van der Waals surface area contributed by atoms with E-state index >= 15 is 0 Å². The lowest BCUT2D eigenvalue weighted by Gasteiger charge is -2.15. The van der Waals surface area contributed by atoms with E-state index < -0.39 is 0 Å². The van der Waals surface area contributed by atoms with Crippen LogP contribution in [0.2, 0.25) is 0 Å². The largest absolute Gasteiger partial charge is 0.362 e. The Kier molecular flexibility index (Phi) is 4.65. The van der Waals surface area contributed by atoms with Gasteiger partial charge in [-0.25, -0.2) is 4.99 Å². The Hall–Kier alpha value is -0.660. The molecule has 3 nitrogen and oxygen atoms in total. The van der Waals surface area contributed by atoms with Crippen LogP contribution in [0.5, 0.6) is 0 Å². The fourth-order valence-electron chi connectivity index (χ4n) is 1.43. The third-order valence-electron chi connectivity index (χ3n) is 2.08. The summed E-state index contributed by atoms with van der Waals surface area (Å²) in [5.41, 5.74) is 0. The van der Waals surface area contributed by atoms with Gasteiger partial charge < -0.3 is 4.74 Å². The lowest BCUT2D eigenvalue weighted by molar-refractivity contribution is 0.209. The van der Waals surface area contributed by atoms with Crippen LogP contribution in [0.25, 0.3) is 0 Å². The van der Waals surface area contributed by atoms with E-state index in [0.29, 0.717) is 12.8 Å². The minimum atomic E-state index is 0.371. The molecule has 0 bridgehead atoms. The third kappa shape index (κ3) is 3.65. The van der Waals surface area contributed by atoms with Gasteiger partial charge in [-0.3, -0.25) is 0 Å². The van der Waals surface area contributed by atoms with Crippen molar-refractivity contribution < 1.29 is 4.74 Å². The summed E-state index contributed by atoms with van der Waals surface area (Å²) in [7, 11) is 1.62. The molecule has 0 aromatic carbocycles. The van der Waals surface area contributed by atoms with Crippen molar-refractivity contribution in [1.29, 1.82) is 0 Å². The van der Waals surface area contributed by atoms with E-state index in [2.05, 4.69) is 16.0 Å². The smallest absolute Gasteiger partial charge is 0.147 e. The number of aliphatic imine (C=N–C) groups is 2. The van der Waals surface area contributed by atoms with Crippen molar-refractivity contribution in [3.05, 3.63) is 0 Å². The van der Waals surface area contributed by atoms with E-state index in [9.17, 15) is 0 Å². The van der Waals surface area contributed by atoms with Crippen LogP contribution in [0.4, 0.5) is 0 Å². The summed E-state index contributed by atoms with van der Waals surface area (Å²) >= 11 is 0. The fourth-order valence-corrected chi connectivity index (χ4v) is 1.43. The molecule has 0 aliphatic heterocycles. The molecule has 1 aliphatic rings. The standard InChI is InChI=1S/C9H16N2O/c1-12-8-10-7-11-9-5-3-2-4-6-9/h9H,2-6,8H2,1H3. The van der Waals surface area contributed by atoms with Gasteiger partial charge >= 0.3 is 0 Å². The first kappa shape index (κ1) is 9.43. The topological polar surface area (TPSA) is 34.0 Å². The lowest BCUT2D eigenvalue weighted by Crippen LogP contribution is -2.08. The minimum absolute atomic E-state index is 0.371. The van der Waals surface area contributed by atoms with Crippen LogP contribution < -0.4 is 0 Å². The molecule has 1 fully saturated rings. The molecule has 1 saturated carbocycles. The monoisotopic (exact) mass is 168 g/mol. The van der Waals surface area contributed by atoms with Crippen LogP contribution in [0.3, 0.4) is 0 Å². The summed E-state index contributed by atoms with van der Waals surface area (Å²) in [6.45, 7) is 0.371. The Morgan fingerprint density at radius 3 is 2.75 bits per heavy atom. The van der Waals surface area contributed by atoms with Crippen molar-refractivity contribution in [2.24, 2.45) is 9.98 Å². The lowest BCUT2D eigenvalue weighted by atomic mass is 9.96. The maximum atomic E-state index is 4.74. The van der Waals surface area contributed by atoms with Crippen LogP contribution in [-0.2, 0) is 4.74 Å². The van der Waals surface area contributed by atoms with Crippen LogP contribution in [-0.4, -0.2) is 25.9 Å². The number of hydrogen-bond donors (Lipinski definition) is 0. The maximum absolute atomic E-state index is 4.74. The van der Waals surface area contributed by atoms with E-state index in [4.69, 9.17) is 4.74 Å². The molecule has 0 heterocycles. The zero-order chi connectivity index (χ0) is 8.65. The van der Waals surface area contributed by atoms with E-state index in [-0.39, 0.29) is 0 Å². The molecular weight excluding hydrogens is 152 g/mol. The number of nitrogens with zero attached hydrogens (tertiary/aromatic N) is 2. The van der Waals surface area contributed by atoms with Gasteiger partial charge in [-0.15, -0.1) is 0 Å². The van der Waals surface area contributed by atoms with Crippen LogP contribution in [0, 0.1) is 0 Å². The van der Waals surface area contributed by atoms with Crippen molar-refractivity contribution in [3.63, 3.8) is 0 Å². The van der Waals surface area contributed by atoms with Crippen molar-refractivity contribution >= 4 is 6.01 Å². The van der Waals surface area contributed by atoms with Gasteiger partial charge in [0.1, 0.15) is 6.73 Å². The van der Waals surface area contributed by atoms with E-state index in [0.717, 1.165) is 0 Å². The van der Waals surface area contributed by atoms with Gasteiger partial charge in [0.05, 0.1) is 12.1 Å². The first-order chi connectivity index (χ1) is 5.93. The predicted octanol–water partition coefficient (Wildman–Crippen LogP) is 2.10. The highest BCUT2D eigenvalue weighted by molar-refractivity contribution is 5.41. The fraction of sp³-hybridized carbons (Fsp3) is 0.889. The first-order valence-electron chi connectivity index (χ1n) is 4.54. The highest BCUT2D eigenvalue weighted by atomic mass is 16.5. The molecule has 68 valence electrons. The second-order valence-corrected chi connectivity index (χ2v) is 3.10. The normalized spacial score (nSPS) is 18.4. The second kappa shape index (κ2) is 5.92. The molecule has 1 aliphatic carbocycles. The Bertz CT molecular complexity index is 167. The van der Waals surface area contributed by atoms with Crippen molar-refractivity contribution in [2.45, 2.75) is 38.1 Å². The molecule has 0 unspecified atom stereocenters. The molecule has 3 heteroatoms. The SMILES string of the molecule is COCN=C=NC1CCCCC1. The molecule has 0 aromatic heterocycles. The van der Waals surface area contributed by atoms with E-state index in [1.807, 2.05) is 0 Å². The molecule has 12 heavy (non-hydrogen) atoms. The van der Waals surface area contributed by atoms with Gasteiger partial charge in [0, 0.05) is 7.11 Å². The summed E-state index contributed by atoms with van der Waals surface area (Å²) in [4.78, 5) is 8.07. The predicted molar refractivity (Wildman–Crippen MR) is 48.6 cm³/mol. The van der Waals surface area contributed by atoms with Crippen molar-refractivity contribution in [3.8, 4) is 0 Å². The number of methoxy groups -OCH3 is 1. The van der Waals surface area contributed by atoms with E-state index in [1.54, 1.807) is 7.11 Å². The van der Waals surface area contributed by atoms with Gasteiger partial charge in [-0.05, 0) is 12.8 Å². The first-order valence-corrected chi connectivity index (χ1v) is 4.54. The van der Waals surface area contributed by atoms with Gasteiger partial charge in [0.15, 0.2) is 0 Å². The van der Waals surface area contributed by atoms with Crippen molar-refractivity contribution in [2.75, 3.05) is 13.8 Å². The van der Waals surface area contributed by atoms with Gasteiger partial charge in [0.25, 0.3) is 0 Å². The Labute approximate surface area is 73.6 Å². The summed E-state index contributed by atoms with van der Waals surface area (Å²) < 4.78 is 4.74. The third-order valence-corrected chi connectivity index (χ3v) is 2.08. The minimum Gasteiger partial charge on any atom is -0.362 e. The van der Waals surface area contributed by atoms with Crippen LogP contribution >= 0.6 is 0 Å². The molecule has 0 atom stereocenters. The zero-order valence-electron chi connectivity index (χ0n) is 7.62. The highest BCUT2D eigenvalue weighted by Gasteiger charge is 2.10. The Morgan fingerprint density at radius 1 is 1.33 bits per heavy atom. The quantitative estimate of drug-likeness (QED) is 0.594. The average Bonchev–Trinajstić information content (AvgIpc) is 2.14. The highest BCUT2D eigenvalue weighted by Crippen LogP contribution is 2.19. The number of rotatable bonds is 3. The summed E-state index contributed by atoms with van der Waals surface area (Å²) in [6.07, 6.45) is 6.38. The molecule has 0 saturated heterocycles. The summed E-state index contributed by atoms with van der Waals surface area (Å²) in [5, 5.41) is 0. The molecule has 0 radical (unpaired) electrons. The van der Waals surface area contributed by atoms with Crippen LogP contribution in [0.1, 0.15) is 32.1 Å². The Morgan fingerprint density at radius 2 is 2.08 bits per heavy atom. The second-order valence-electron chi connectivity index (χ2n) is 3.10. The van der Waals surface area contributed by atoms with Gasteiger partial charge in [-0.1, -0.05) is 19.3 Å². The zero-order valence-corrected chi connectivity index (χ0v) is 7.62. The van der Waals surface area contributed by atoms with Gasteiger partial charge in [0.2, 0.25) is 0 Å². The maximum Gasteiger partial charge on any atom is 0.147 e. The average molecular weight is 168 g/mol. The van der Waals surface area contributed by atoms with Crippen molar-refractivity contribution in [1.82, 2.24) is 0 Å². The summed E-state index contributed by atoms with van der Waals surface area (Å²) in [6, 6.07) is 3.15. The Balaban J connectivity index is 2.23. The molecule has 0 amide bonds.